The van der Waals surface area contributed by atoms with Gasteiger partial charge >= 0.3 is 0 Å². The third kappa shape index (κ3) is 5.17. The molecule has 7 heteroatoms. The van der Waals surface area contributed by atoms with Crippen LogP contribution in [0.1, 0.15) is 39.8 Å². The smallest absolute Gasteiger partial charge is 0.259 e. The number of rotatable bonds is 8. The van der Waals surface area contributed by atoms with Crippen molar-refractivity contribution in [3.05, 3.63) is 76.2 Å². The molecule has 0 radical (unpaired) electrons. The fourth-order valence-corrected chi connectivity index (χ4v) is 3.06. The highest BCUT2D eigenvalue weighted by Gasteiger charge is 2.14. The van der Waals surface area contributed by atoms with E-state index in [9.17, 15) is 9.59 Å². The minimum atomic E-state index is -0.306. The number of ether oxygens (including phenoxy) is 1. The number of para-hydroxylation sites is 1. The van der Waals surface area contributed by atoms with Crippen LogP contribution in [-0.4, -0.2) is 23.3 Å². The van der Waals surface area contributed by atoms with Gasteiger partial charge in [-0.15, -0.1) is 11.3 Å². The molecular weight excluding hydrogens is 374 g/mol. The van der Waals surface area contributed by atoms with Crippen LogP contribution in [0.25, 0.3) is 0 Å². The second-order valence-electron chi connectivity index (χ2n) is 6.06. The van der Waals surface area contributed by atoms with Crippen LogP contribution in [0.5, 0.6) is 5.75 Å². The second-order valence-corrected chi connectivity index (χ2v) is 6.77. The van der Waals surface area contributed by atoms with E-state index in [1.807, 2.05) is 18.4 Å². The first-order valence-corrected chi connectivity index (χ1v) is 9.90. The lowest BCUT2D eigenvalue weighted by atomic mass is 10.1. The average molecular weight is 395 g/mol. The molecule has 6 nitrogen and oxygen atoms in total. The number of carbonyl (C=O) groups is 2. The highest BCUT2D eigenvalue weighted by Crippen LogP contribution is 2.21. The summed E-state index contributed by atoms with van der Waals surface area (Å²) in [7, 11) is 0. The third-order valence-corrected chi connectivity index (χ3v) is 4.54. The van der Waals surface area contributed by atoms with Crippen LogP contribution in [0, 0.1) is 0 Å². The predicted molar refractivity (Wildman–Crippen MR) is 110 cm³/mol. The number of nitrogens with zero attached hydrogens (tertiary/aromatic N) is 1. The van der Waals surface area contributed by atoms with E-state index in [2.05, 4.69) is 15.6 Å². The zero-order valence-electron chi connectivity index (χ0n) is 15.5. The number of aromatic nitrogens is 1. The van der Waals surface area contributed by atoms with Crippen LogP contribution < -0.4 is 15.4 Å². The van der Waals surface area contributed by atoms with Crippen molar-refractivity contribution in [1.29, 1.82) is 0 Å². The van der Waals surface area contributed by atoms with Crippen LogP contribution in [0.15, 0.2) is 59.4 Å². The third-order valence-electron chi connectivity index (χ3n) is 3.91. The molecule has 1 aromatic heterocycles. The van der Waals surface area contributed by atoms with Crippen molar-refractivity contribution >= 4 is 28.8 Å². The number of benzene rings is 2. The Bertz CT molecular complexity index is 942. The van der Waals surface area contributed by atoms with Crippen LogP contribution >= 0.6 is 11.3 Å². The molecule has 0 saturated carbocycles. The lowest BCUT2D eigenvalue weighted by Crippen LogP contribution is -2.24. The monoisotopic (exact) mass is 395 g/mol. The molecule has 0 bridgehead atoms. The van der Waals surface area contributed by atoms with Gasteiger partial charge in [0.1, 0.15) is 12.4 Å². The molecule has 144 valence electrons. The fourth-order valence-electron chi connectivity index (χ4n) is 2.52. The van der Waals surface area contributed by atoms with E-state index >= 15 is 0 Å². The second kappa shape index (κ2) is 9.66. The van der Waals surface area contributed by atoms with Gasteiger partial charge in [-0.05, 0) is 36.8 Å². The van der Waals surface area contributed by atoms with Gasteiger partial charge < -0.3 is 15.4 Å². The van der Waals surface area contributed by atoms with Gasteiger partial charge in [-0.25, -0.2) is 4.98 Å². The Labute approximate surface area is 167 Å². The Kier molecular flexibility index (Phi) is 6.75. The van der Waals surface area contributed by atoms with E-state index < -0.39 is 0 Å². The van der Waals surface area contributed by atoms with Gasteiger partial charge in [-0.2, -0.15) is 0 Å². The molecule has 0 aliphatic carbocycles. The molecule has 0 fully saturated rings. The molecule has 0 aliphatic rings. The predicted octanol–water partition coefficient (Wildman–Crippen LogP) is 4.11. The molecule has 0 unspecified atom stereocenters. The summed E-state index contributed by atoms with van der Waals surface area (Å²) < 4.78 is 5.77. The molecule has 2 amide bonds. The molecule has 0 saturated heterocycles. The van der Waals surface area contributed by atoms with Crippen molar-refractivity contribution in [2.45, 2.75) is 20.0 Å². The zero-order valence-corrected chi connectivity index (χ0v) is 16.3. The minimum absolute atomic E-state index is 0.162. The van der Waals surface area contributed by atoms with Crippen molar-refractivity contribution in [3.63, 3.8) is 0 Å². The van der Waals surface area contributed by atoms with E-state index in [0.29, 0.717) is 35.7 Å². The number of nitrogens with one attached hydrogen (secondary N) is 2. The van der Waals surface area contributed by atoms with Gasteiger partial charge in [0.05, 0.1) is 16.8 Å². The van der Waals surface area contributed by atoms with Gasteiger partial charge in [-0.3, -0.25) is 9.59 Å². The van der Waals surface area contributed by atoms with Crippen molar-refractivity contribution in [2.24, 2.45) is 0 Å². The van der Waals surface area contributed by atoms with Gasteiger partial charge in [0, 0.05) is 23.2 Å². The Morgan fingerprint density at radius 2 is 1.96 bits per heavy atom. The highest BCUT2D eigenvalue weighted by atomic mass is 32.1. The Morgan fingerprint density at radius 3 is 2.75 bits per heavy atom. The molecule has 3 aromatic rings. The first-order valence-electron chi connectivity index (χ1n) is 8.96. The molecule has 2 N–H and O–H groups in total. The molecule has 0 aliphatic heterocycles. The lowest BCUT2D eigenvalue weighted by molar-refractivity contribution is 0.0952. The van der Waals surface area contributed by atoms with E-state index in [0.717, 1.165) is 12.1 Å². The van der Waals surface area contributed by atoms with Crippen molar-refractivity contribution in [3.8, 4) is 5.75 Å². The van der Waals surface area contributed by atoms with Crippen LogP contribution in [0.4, 0.5) is 5.69 Å². The highest BCUT2D eigenvalue weighted by molar-refractivity contribution is 7.07. The van der Waals surface area contributed by atoms with Gasteiger partial charge in [0.15, 0.2) is 0 Å². The van der Waals surface area contributed by atoms with Gasteiger partial charge in [-0.1, -0.05) is 25.1 Å². The zero-order chi connectivity index (χ0) is 19.8. The number of hydrogen-bond acceptors (Lipinski definition) is 5. The van der Waals surface area contributed by atoms with E-state index in [1.165, 1.54) is 11.3 Å². The average Bonchev–Trinajstić information content (AvgIpc) is 3.24. The quantitative estimate of drug-likeness (QED) is 0.601. The maximum absolute atomic E-state index is 12.7. The lowest BCUT2D eigenvalue weighted by Gasteiger charge is -2.12. The number of carbonyl (C=O) groups excluding carboxylic acids is 2. The van der Waals surface area contributed by atoms with Crippen molar-refractivity contribution in [1.82, 2.24) is 10.3 Å². The Morgan fingerprint density at radius 1 is 1.11 bits per heavy atom. The molecule has 2 aromatic carbocycles. The molecule has 1 heterocycles. The number of hydrogen-bond donors (Lipinski definition) is 2. The topological polar surface area (TPSA) is 80.3 Å². The summed E-state index contributed by atoms with van der Waals surface area (Å²) in [6.45, 7) is 2.89. The van der Waals surface area contributed by atoms with Crippen LogP contribution in [0.3, 0.4) is 0 Å². The van der Waals surface area contributed by atoms with Crippen LogP contribution in [0.2, 0.25) is 0 Å². The largest absolute Gasteiger partial charge is 0.486 e. The summed E-state index contributed by atoms with van der Waals surface area (Å²) in [4.78, 5) is 29.0. The first-order chi connectivity index (χ1) is 13.7. The minimum Gasteiger partial charge on any atom is -0.486 e. The maximum Gasteiger partial charge on any atom is 0.259 e. The van der Waals surface area contributed by atoms with Gasteiger partial charge in [0.2, 0.25) is 0 Å². The summed E-state index contributed by atoms with van der Waals surface area (Å²) in [5.74, 6) is 0.00906. The summed E-state index contributed by atoms with van der Waals surface area (Å²) in [5.41, 5.74) is 4.01. The molecular formula is C21H21N3O3S. The number of thiazole rings is 1. The summed E-state index contributed by atoms with van der Waals surface area (Å²) in [5, 5.41) is 7.55. The summed E-state index contributed by atoms with van der Waals surface area (Å²) in [6.07, 6.45) is 0.861. The number of amides is 2. The molecule has 28 heavy (non-hydrogen) atoms. The van der Waals surface area contributed by atoms with E-state index in [1.54, 1.807) is 48.0 Å². The first kappa shape index (κ1) is 19.6. The molecule has 3 rings (SSSR count). The summed E-state index contributed by atoms with van der Waals surface area (Å²) in [6, 6.07) is 13.9. The van der Waals surface area contributed by atoms with E-state index in [-0.39, 0.29) is 11.8 Å². The standard InChI is InChI=1S/C21H21N3O3S/c1-2-10-22-20(25)15-6-5-7-16(11-15)24-21(26)18-8-3-4-9-19(18)27-12-17-13-28-14-23-17/h3-9,11,13-14H,2,10,12H2,1H3,(H,22,25)(H,24,26). The summed E-state index contributed by atoms with van der Waals surface area (Å²) >= 11 is 1.49. The normalized spacial score (nSPS) is 10.3. The van der Waals surface area contributed by atoms with E-state index in [4.69, 9.17) is 4.74 Å². The maximum atomic E-state index is 12.7. The Balaban J connectivity index is 1.70. The van der Waals surface area contributed by atoms with Crippen molar-refractivity contribution in [2.75, 3.05) is 11.9 Å². The number of anilines is 1. The Hall–Kier alpha value is -3.19. The SMILES string of the molecule is CCCNC(=O)c1cccc(NC(=O)c2ccccc2OCc2cscn2)c1. The van der Waals surface area contributed by atoms with Gasteiger partial charge in [0.25, 0.3) is 11.8 Å². The van der Waals surface area contributed by atoms with Crippen LogP contribution in [-0.2, 0) is 6.61 Å². The molecule has 0 atom stereocenters. The molecule has 0 spiro atoms. The fraction of sp³-hybridized carbons (Fsp3) is 0.190. The van der Waals surface area contributed by atoms with Crippen molar-refractivity contribution < 1.29 is 14.3 Å².